The second kappa shape index (κ2) is 8.31. The topological polar surface area (TPSA) is 93.8 Å². The van der Waals surface area contributed by atoms with E-state index in [2.05, 4.69) is 20.8 Å². The second-order valence-corrected chi connectivity index (χ2v) is 6.14. The van der Waals surface area contributed by atoms with Crippen molar-refractivity contribution < 1.29 is 9.59 Å². The number of carbonyl (C=O) groups is 2. The number of aromatic nitrogens is 4. The first-order chi connectivity index (χ1) is 13.1. The lowest BCUT2D eigenvalue weighted by Gasteiger charge is -2.09. The van der Waals surface area contributed by atoms with Crippen LogP contribution in [0.3, 0.4) is 0 Å². The van der Waals surface area contributed by atoms with Crippen LogP contribution in [0.15, 0.2) is 48.9 Å². The molecule has 0 aliphatic heterocycles. The zero-order valence-corrected chi connectivity index (χ0v) is 15.3. The van der Waals surface area contributed by atoms with E-state index in [1.54, 1.807) is 24.0 Å². The monoisotopic (exact) mass is 366 g/mol. The standard InChI is InChI=1S/C19H22N6O2/c1-3-8-20-19(27)17-16(12-22-24(17)2)23-18(26)15-7-4-6-14(11-15)13-25-10-5-9-21-25/h4-7,9-12H,3,8,13H2,1-2H3,(H,20,27)(H,23,26). The molecule has 3 rings (SSSR count). The van der Waals surface area contributed by atoms with Gasteiger partial charge in [-0.2, -0.15) is 10.2 Å². The molecule has 8 heteroatoms. The minimum atomic E-state index is -0.296. The Morgan fingerprint density at radius 1 is 1.15 bits per heavy atom. The molecule has 27 heavy (non-hydrogen) atoms. The molecule has 0 aliphatic carbocycles. The summed E-state index contributed by atoms with van der Waals surface area (Å²) >= 11 is 0. The average Bonchev–Trinajstić information content (AvgIpc) is 3.30. The van der Waals surface area contributed by atoms with E-state index < -0.39 is 0 Å². The molecule has 0 radical (unpaired) electrons. The van der Waals surface area contributed by atoms with Crippen molar-refractivity contribution in [1.82, 2.24) is 24.9 Å². The van der Waals surface area contributed by atoms with Crippen LogP contribution in [0.2, 0.25) is 0 Å². The van der Waals surface area contributed by atoms with Crippen LogP contribution < -0.4 is 10.6 Å². The zero-order valence-electron chi connectivity index (χ0n) is 15.3. The van der Waals surface area contributed by atoms with Crippen LogP contribution in [0.1, 0.15) is 39.8 Å². The van der Waals surface area contributed by atoms with Crippen molar-refractivity contribution in [2.24, 2.45) is 7.05 Å². The molecule has 0 spiro atoms. The largest absolute Gasteiger partial charge is 0.351 e. The molecule has 0 fully saturated rings. The lowest BCUT2D eigenvalue weighted by Crippen LogP contribution is -2.27. The van der Waals surface area contributed by atoms with E-state index in [9.17, 15) is 9.59 Å². The third-order valence-electron chi connectivity index (χ3n) is 4.03. The normalized spacial score (nSPS) is 10.6. The summed E-state index contributed by atoms with van der Waals surface area (Å²) in [5, 5.41) is 13.8. The number of nitrogens with zero attached hydrogens (tertiary/aromatic N) is 4. The first kappa shape index (κ1) is 18.4. The summed E-state index contributed by atoms with van der Waals surface area (Å²) in [6, 6.07) is 9.15. The molecule has 2 heterocycles. The highest BCUT2D eigenvalue weighted by molar-refractivity contribution is 6.08. The number of nitrogens with one attached hydrogen (secondary N) is 2. The molecule has 2 aromatic heterocycles. The number of hydrogen-bond acceptors (Lipinski definition) is 4. The number of aryl methyl sites for hydroxylation is 1. The zero-order chi connectivity index (χ0) is 19.2. The van der Waals surface area contributed by atoms with Gasteiger partial charge in [0.05, 0.1) is 18.4 Å². The Hall–Kier alpha value is -3.42. The summed E-state index contributed by atoms with van der Waals surface area (Å²) in [4.78, 5) is 25.0. The van der Waals surface area contributed by atoms with Crippen molar-refractivity contribution in [3.63, 3.8) is 0 Å². The second-order valence-electron chi connectivity index (χ2n) is 6.14. The van der Waals surface area contributed by atoms with Crippen molar-refractivity contribution in [3.8, 4) is 0 Å². The van der Waals surface area contributed by atoms with Gasteiger partial charge in [0, 0.05) is 31.5 Å². The number of carbonyl (C=O) groups excluding carboxylic acids is 2. The Morgan fingerprint density at radius 3 is 2.74 bits per heavy atom. The van der Waals surface area contributed by atoms with Crippen LogP contribution in [-0.4, -0.2) is 37.9 Å². The molecule has 0 saturated carbocycles. The minimum absolute atomic E-state index is 0.264. The van der Waals surface area contributed by atoms with Crippen LogP contribution in [-0.2, 0) is 13.6 Å². The van der Waals surface area contributed by atoms with Gasteiger partial charge in [-0.3, -0.25) is 19.0 Å². The van der Waals surface area contributed by atoms with Crippen molar-refractivity contribution in [1.29, 1.82) is 0 Å². The van der Waals surface area contributed by atoms with Crippen LogP contribution >= 0.6 is 0 Å². The number of anilines is 1. The van der Waals surface area contributed by atoms with Gasteiger partial charge >= 0.3 is 0 Å². The lowest BCUT2D eigenvalue weighted by atomic mass is 10.1. The number of rotatable bonds is 7. The molecular formula is C19H22N6O2. The van der Waals surface area contributed by atoms with Gasteiger partial charge in [-0.1, -0.05) is 19.1 Å². The molecule has 2 N–H and O–H groups in total. The fraction of sp³-hybridized carbons (Fsp3) is 0.263. The Labute approximate surface area is 157 Å². The highest BCUT2D eigenvalue weighted by Gasteiger charge is 2.19. The Balaban J connectivity index is 1.75. The van der Waals surface area contributed by atoms with Gasteiger partial charge in [-0.15, -0.1) is 0 Å². The minimum Gasteiger partial charge on any atom is -0.351 e. The maximum absolute atomic E-state index is 12.7. The molecule has 140 valence electrons. The molecule has 2 amide bonds. The van der Waals surface area contributed by atoms with Gasteiger partial charge < -0.3 is 10.6 Å². The number of hydrogen-bond donors (Lipinski definition) is 2. The molecule has 8 nitrogen and oxygen atoms in total. The Morgan fingerprint density at radius 2 is 2.00 bits per heavy atom. The van der Waals surface area contributed by atoms with E-state index in [4.69, 9.17) is 0 Å². The lowest BCUT2D eigenvalue weighted by molar-refractivity contribution is 0.0945. The highest BCUT2D eigenvalue weighted by Crippen LogP contribution is 2.16. The number of benzene rings is 1. The molecular weight excluding hydrogens is 344 g/mol. The van der Waals surface area contributed by atoms with E-state index >= 15 is 0 Å². The molecule has 0 atom stereocenters. The van der Waals surface area contributed by atoms with E-state index in [1.165, 1.54) is 10.9 Å². The molecule has 0 aliphatic rings. The predicted octanol–water partition coefficient (Wildman–Crippen LogP) is 2.06. The van der Waals surface area contributed by atoms with Crippen LogP contribution in [0, 0.1) is 0 Å². The quantitative estimate of drug-likeness (QED) is 0.669. The van der Waals surface area contributed by atoms with Gasteiger partial charge in [0.15, 0.2) is 0 Å². The highest BCUT2D eigenvalue weighted by atomic mass is 16.2. The summed E-state index contributed by atoms with van der Waals surface area (Å²) < 4.78 is 3.24. The fourth-order valence-electron chi connectivity index (χ4n) is 2.71. The molecule has 1 aromatic carbocycles. The van der Waals surface area contributed by atoms with E-state index in [0.717, 1.165) is 12.0 Å². The Kier molecular flexibility index (Phi) is 5.65. The van der Waals surface area contributed by atoms with Gasteiger partial charge in [0.2, 0.25) is 0 Å². The average molecular weight is 366 g/mol. The van der Waals surface area contributed by atoms with Crippen molar-refractivity contribution in [2.45, 2.75) is 19.9 Å². The summed E-state index contributed by atoms with van der Waals surface area (Å²) in [6.07, 6.45) is 5.88. The number of amides is 2. The van der Waals surface area contributed by atoms with Crippen LogP contribution in [0.4, 0.5) is 5.69 Å². The van der Waals surface area contributed by atoms with Crippen molar-refractivity contribution in [2.75, 3.05) is 11.9 Å². The van der Waals surface area contributed by atoms with Gasteiger partial charge in [-0.25, -0.2) is 0 Å². The predicted molar refractivity (Wildman–Crippen MR) is 102 cm³/mol. The van der Waals surface area contributed by atoms with Crippen molar-refractivity contribution in [3.05, 3.63) is 65.7 Å². The summed E-state index contributed by atoms with van der Waals surface area (Å²) in [6.45, 7) is 3.11. The smallest absolute Gasteiger partial charge is 0.271 e. The fourth-order valence-corrected chi connectivity index (χ4v) is 2.71. The van der Waals surface area contributed by atoms with Gasteiger partial charge in [0.25, 0.3) is 11.8 Å². The van der Waals surface area contributed by atoms with E-state index in [0.29, 0.717) is 30.0 Å². The third-order valence-corrected chi connectivity index (χ3v) is 4.03. The Bertz CT molecular complexity index is 930. The van der Waals surface area contributed by atoms with Crippen molar-refractivity contribution >= 4 is 17.5 Å². The van der Waals surface area contributed by atoms with Gasteiger partial charge in [-0.05, 0) is 30.2 Å². The van der Waals surface area contributed by atoms with E-state index in [-0.39, 0.29) is 11.8 Å². The van der Waals surface area contributed by atoms with Crippen LogP contribution in [0.5, 0.6) is 0 Å². The molecule has 0 saturated heterocycles. The van der Waals surface area contributed by atoms with Crippen LogP contribution in [0.25, 0.3) is 0 Å². The van der Waals surface area contributed by atoms with E-state index in [1.807, 2.05) is 37.4 Å². The SMILES string of the molecule is CCCNC(=O)c1c(NC(=O)c2cccc(Cn3cccn3)c2)cnn1C. The molecule has 0 unspecified atom stereocenters. The summed E-state index contributed by atoms with van der Waals surface area (Å²) in [7, 11) is 1.67. The first-order valence-electron chi connectivity index (χ1n) is 8.76. The molecule has 3 aromatic rings. The molecule has 0 bridgehead atoms. The maximum Gasteiger partial charge on any atom is 0.271 e. The van der Waals surface area contributed by atoms with Gasteiger partial charge in [0.1, 0.15) is 5.69 Å². The first-order valence-corrected chi connectivity index (χ1v) is 8.76. The third kappa shape index (κ3) is 4.41. The summed E-state index contributed by atoms with van der Waals surface area (Å²) in [5.41, 5.74) is 2.17. The summed E-state index contributed by atoms with van der Waals surface area (Å²) in [5.74, 6) is -0.561. The maximum atomic E-state index is 12.7.